The molecule has 0 aliphatic carbocycles. The van der Waals surface area contributed by atoms with Gasteiger partial charge in [-0.25, -0.2) is 0 Å². The molecular weight excluding hydrogens is 280 g/mol. The Kier molecular flexibility index (Phi) is 4.00. The van der Waals surface area contributed by atoms with Crippen molar-refractivity contribution >= 4 is 16.7 Å². The minimum absolute atomic E-state index is 0.00294. The molecule has 0 unspecified atom stereocenters. The van der Waals surface area contributed by atoms with Crippen molar-refractivity contribution in [1.82, 2.24) is 9.80 Å². The van der Waals surface area contributed by atoms with Gasteiger partial charge in [0.05, 0.1) is 18.2 Å². The summed E-state index contributed by atoms with van der Waals surface area (Å²) in [7, 11) is 1.94. The highest BCUT2D eigenvalue weighted by Gasteiger charge is 2.28. The van der Waals surface area contributed by atoms with Crippen molar-refractivity contribution in [1.29, 1.82) is 0 Å². The van der Waals surface area contributed by atoms with Crippen LogP contribution in [-0.2, 0) is 0 Å². The number of amides is 1. The molecule has 0 aromatic heterocycles. The Balaban J connectivity index is 1.90. The molecule has 0 radical (unpaired) electrons. The van der Waals surface area contributed by atoms with Crippen LogP contribution in [0.3, 0.4) is 0 Å². The van der Waals surface area contributed by atoms with Crippen molar-refractivity contribution < 1.29 is 15.0 Å². The SMILES string of the molecule is CN1CCN(C(=O)c2cc3ccccc3cc2O)C[C@H]1CO. The number of carbonyl (C=O) groups is 1. The van der Waals surface area contributed by atoms with E-state index in [1.807, 2.05) is 36.2 Å². The molecule has 2 N–H and O–H groups in total. The number of aliphatic hydroxyl groups excluding tert-OH is 1. The Bertz CT molecular complexity index is 701. The number of aliphatic hydroxyl groups is 1. The number of benzene rings is 2. The fraction of sp³-hybridized carbons (Fsp3) is 0.353. The Hall–Kier alpha value is -2.11. The lowest BCUT2D eigenvalue weighted by atomic mass is 10.0. The van der Waals surface area contributed by atoms with Crippen LogP contribution >= 0.6 is 0 Å². The number of phenolic OH excluding ortho intramolecular Hbond substituents is 1. The molecule has 1 aliphatic rings. The van der Waals surface area contributed by atoms with Crippen LogP contribution in [0.4, 0.5) is 0 Å². The quantitative estimate of drug-likeness (QED) is 0.877. The molecule has 2 aromatic rings. The standard InChI is InChI=1S/C17H20N2O3/c1-18-6-7-19(10-14(18)11-20)17(22)15-8-12-4-2-3-5-13(12)9-16(15)21/h2-5,8-9,14,20-21H,6-7,10-11H2,1H3/t14-/m0/s1. The molecule has 3 rings (SSSR count). The van der Waals surface area contributed by atoms with E-state index in [2.05, 4.69) is 0 Å². The molecule has 1 saturated heterocycles. The van der Waals surface area contributed by atoms with Gasteiger partial charge in [0.2, 0.25) is 0 Å². The third-order valence-corrected chi connectivity index (χ3v) is 4.37. The van der Waals surface area contributed by atoms with Crippen LogP contribution in [0.1, 0.15) is 10.4 Å². The number of likely N-dealkylation sites (N-methyl/N-ethyl adjacent to an activating group) is 1. The van der Waals surface area contributed by atoms with Crippen molar-refractivity contribution in [3.63, 3.8) is 0 Å². The van der Waals surface area contributed by atoms with Crippen molar-refractivity contribution in [2.75, 3.05) is 33.3 Å². The smallest absolute Gasteiger partial charge is 0.257 e. The molecule has 116 valence electrons. The van der Waals surface area contributed by atoms with Crippen LogP contribution in [0.2, 0.25) is 0 Å². The van der Waals surface area contributed by atoms with Gasteiger partial charge in [-0.2, -0.15) is 0 Å². The minimum Gasteiger partial charge on any atom is -0.507 e. The first-order valence-electron chi connectivity index (χ1n) is 7.42. The summed E-state index contributed by atoms with van der Waals surface area (Å²) in [6, 6.07) is 10.9. The van der Waals surface area contributed by atoms with Gasteiger partial charge in [0.15, 0.2) is 0 Å². The van der Waals surface area contributed by atoms with E-state index in [0.29, 0.717) is 25.2 Å². The van der Waals surface area contributed by atoms with Crippen molar-refractivity contribution in [3.8, 4) is 5.75 Å². The van der Waals surface area contributed by atoms with Gasteiger partial charge in [-0.15, -0.1) is 0 Å². The summed E-state index contributed by atoms with van der Waals surface area (Å²) in [4.78, 5) is 16.4. The summed E-state index contributed by atoms with van der Waals surface area (Å²) in [5.74, 6) is -0.182. The van der Waals surface area contributed by atoms with Gasteiger partial charge in [-0.3, -0.25) is 9.69 Å². The fourth-order valence-corrected chi connectivity index (χ4v) is 2.90. The van der Waals surface area contributed by atoms with Crippen LogP contribution in [0.25, 0.3) is 10.8 Å². The van der Waals surface area contributed by atoms with Crippen LogP contribution in [-0.4, -0.2) is 65.3 Å². The average Bonchev–Trinajstić information content (AvgIpc) is 2.54. The van der Waals surface area contributed by atoms with E-state index in [4.69, 9.17) is 0 Å². The number of nitrogens with zero attached hydrogens (tertiary/aromatic N) is 2. The summed E-state index contributed by atoms with van der Waals surface area (Å²) in [6.07, 6.45) is 0. The second kappa shape index (κ2) is 5.94. The molecule has 1 heterocycles. The predicted molar refractivity (Wildman–Crippen MR) is 85.0 cm³/mol. The van der Waals surface area contributed by atoms with E-state index < -0.39 is 0 Å². The average molecular weight is 300 g/mol. The third kappa shape index (κ3) is 2.65. The molecule has 0 bridgehead atoms. The molecule has 1 fully saturated rings. The monoisotopic (exact) mass is 300 g/mol. The van der Waals surface area contributed by atoms with Gasteiger partial charge in [0.1, 0.15) is 5.75 Å². The largest absolute Gasteiger partial charge is 0.507 e. The molecule has 22 heavy (non-hydrogen) atoms. The van der Waals surface area contributed by atoms with Gasteiger partial charge < -0.3 is 15.1 Å². The highest BCUT2D eigenvalue weighted by molar-refractivity contribution is 6.01. The number of rotatable bonds is 2. The Morgan fingerprint density at radius 2 is 1.91 bits per heavy atom. The maximum absolute atomic E-state index is 12.7. The lowest BCUT2D eigenvalue weighted by Gasteiger charge is -2.38. The van der Waals surface area contributed by atoms with Crippen LogP contribution in [0.15, 0.2) is 36.4 Å². The number of phenols is 1. The number of carbonyl (C=O) groups excluding carboxylic acids is 1. The van der Waals surface area contributed by atoms with Crippen LogP contribution in [0, 0.1) is 0 Å². The van der Waals surface area contributed by atoms with Gasteiger partial charge in [-0.1, -0.05) is 24.3 Å². The highest BCUT2D eigenvalue weighted by atomic mass is 16.3. The second-order valence-electron chi connectivity index (χ2n) is 5.78. The normalized spacial score (nSPS) is 19.5. The lowest BCUT2D eigenvalue weighted by Crippen LogP contribution is -2.54. The number of piperazine rings is 1. The first kappa shape index (κ1) is 14.8. The van der Waals surface area contributed by atoms with Gasteiger partial charge in [0.25, 0.3) is 5.91 Å². The summed E-state index contributed by atoms with van der Waals surface area (Å²) in [5.41, 5.74) is 0.319. The summed E-state index contributed by atoms with van der Waals surface area (Å²) < 4.78 is 0. The maximum Gasteiger partial charge on any atom is 0.257 e. The van der Waals surface area contributed by atoms with Crippen molar-refractivity contribution in [2.45, 2.75) is 6.04 Å². The molecule has 5 heteroatoms. The second-order valence-corrected chi connectivity index (χ2v) is 5.78. The topological polar surface area (TPSA) is 64.0 Å². The van der Waals surface area contributed by atoms with E-state index >= 15 is 0 Å². The predicted octanol–water partition coefficient (Wildman–Crippen LogP) is 1.29. The van der Waals surface area contributed by atoms with E-state index in [1.54, 1.807) is 17.0 Å². The third-order valence-electron chi connectivity index (χ3n) is 4.37. The van der Waals surface area contributed by atoms with Gasteiger partial charge in [0, 0.05) is 19.6 Å². The summed E-state index contributed by atoms with van der Waals surface area (Å²) in [6.45, 7) is 1.80. The number of aromatic hydroxyl groups is 1. The minimum atomic E-state index is -0.185. The Labute approximate surface area is 129 Å². The zero-order chi connectivity index (χ0) is 15.7. The van der Waals surface area contributed by atoms with Gasteiger partial charge in [-0.05, 0) is 30.0 Å². The molecule has 5 nitrogen and oxygen atoms in total. The fourth-order valence-electron chi connectivity index (χ4n) is 2.90. The van der Waals surface area contributed by atoms with E-state index in [1.165, 1.54) is 0 Å². The molecule has 2 aromatic carbocycles. The molecule has 1 aliphatic heterocycles. The Morgan fingerprint density at radius 3 is 2.59 bits per heavy atom. The maximum atomic E-state index is 12.7. The first-order chi connectivity index (χ1) is 10.6. The van der Waals surface area contributed by atoms with Crippen molar-refractivity contribution in [3.05, 3.63) is 42.0 Å². The molecule has 0 saturated carbocycles. The zero-order valence-electron chi connectivity index (χ0n) is 12.6. The lowest BCUT2D eigenvalue weighted by molar-refractivity contribution is 0.0419. The van der Waals surface area contributed by atoms with Gasteiger partial charge >= 0.3 is 0 Å². The number of fused-ring (bicyclic) bond motifs is 1. The van der Waals surface area contributed by atoms with Crippen molar-refractivity contribution in [2.24, 2.45) is 0 Å². The molecule has 1 atom stereocenters. The van der Waals surface area contributed by atoms with Crippen LogP contribution in [0.5, 0.6) is 5.75 Å². The Morgan fingerprint density at radius 1 is 1.23 bits per heavy atom. The first-order valence-corrected chi connectivity index (χ1v) is 7.42. The van der Waals surface area contributed by atoms with Crippen LogP contribution < -0.4 is 0 Å². The molecule has 0 spiro atoms. The number of hydrogen-bond acceptors (Lipinski definition) is 4. The summed E-state index contributed by atoms with van der Waals surface area (Å²) in [5, 5.41) is 21.4. The van der Waals surface area contributed by atoms with E-state index in [0.717, 1.165) is 10.8 Å². The van der Waals surface area contributed by atoms with E-state index in [9.17, 15) is 15.0 Å². The molecule has 1 amide bonds. The number of hydrogen-bond donors (Lipinski definition) is 2. The summed E-state index contributed by atoms with van der Waals surface area (Å²) >= 11 is 0. The zero-order valence-corrected chi connectivity index (χ0v) is 12.6. The van der Waals surface area contributed by atoms with E-state index in [-0.39, 0.29) is 24.3 Å². The highest BCUT2D eigenvalue weighted by Crippen LogP contribution is 2.26. The molecular formula is C17H20N2O3.